The van der Waals surface area contributed by atoms with Gasteiger partial charge in [0.25, 0.3) is 10.0 Å². The molecule has 0 aliphatic rings. The van der Waals surface area contributed by atoms with Gasteiger partial charge in [0.15, 0.2) is 0 Å². The number of ether oxygens (including phenoxy) is 1. The maximum absolute atomic E-state index is 14.4. The van der Waals surface area contributed by atoms with Gasteiger partial charge in [-0.25, -0.2) is 17.6 Å². The number of benzene rings is 2. The normalized spacial score (nSPS) is 11.0. The second-order valence-corrected chi connectivity index (χ2v) is 9.05. The summed E-state index contributed by atoms with van der Waals surface area (Å²) >= 11 is 0.969. The number of carbonyl (C=O) groups is 2. The van der Waals surface area contributed by atoms with E-state index in [2.05, 4.69) is 10.1 Å². The SMILES string of the molecule is COC(=O)c1ccc(NC(=O)CN(c2ccccc2F)S(=O)(=O)c2cccs2)cc1. The summed E-state index contributed by atoms with van der Waals surface area (Å²) in [6.45, 7) is -0.639. The lowest BCUT2D eigenvalue weighted by molar-refractivity contribution is -0.114. The molecule has 3 aromatic rings. The molecule has 0 saturated heterocycles. The van der Waals surface area contributed by atoms with E-state index < -0.39 is 34.3 Å². The first-order chi connectivity index (χ1) is 14.3. The molecule has 0 aliphatic carbocycles. The third kappa shape index (κ3) is 4.66. The highest BCUT2D eigenvalue weighted by molar-refractivity contribution is 7.94. The van der Waals surface area contributed by atoms with E-state index in [9.17, 15) is 22.4 Å². The standard InChI is InChI=1S/C20H17FN2O5S2/c1-28-20(25)14-8-10-15(11-9-14)22-18(24)13-23(17-6-3-2-5-16(17)21)30(26,27)19-7-4-12-29-19/h2-12H,13H2,1H3,(H,22,24). The van der Waals surface area contributed by atoms with Crippen molar-refractivity contribution in [2.75, 3.05) is 23.3 Å². The molecule has 0 atom stereocenters. The van der Waals surface area contributed by atoms with Gasteiger partial charge < -0.3 is 10.1 Å². The first kappa shape index (κ1) is 21.5. The molecule has 1 amide bonds. The third-order valence-electron chi connectivity index (χ3n) is 4.04. The second-order valence-electron chi connectivity index (χ2n) is 6.01. The third-order valence-corrected chi connectivity index (χ3v) is 7.17. The molecule has 0 fully saturated rings. The summed E-state index contributed by atoms with van der Waals surface area (Å²) in [5, 5.41) is 4.13. The van der Waals surface area contributed by atoms with Crippen molar-refractivity contribution in [3.05, 3.63) is 77.4 Å². The Bertz CT molecular complexity index is 1150. The van der Waals surface area contributed by atoms with E-state index in [1.807, 2.05) is 0 Å². The van der Waals surface area contributed by atoms with Gasteiger partial charge >= 0.3 is 5.97 Å². The zero-order valence-corrected chi connectivity index (χ0v) is 17.4. The van der Waals surface area contributed by atoms with E-state index in [1.54, 1.807) is 11.4 Å². The summed E-state index contributed by atoms with van der Waals surface area (Å²) in [5.41, 5.74) is 0.403. The first-order valence-corrected chi connectivity index (χ1v) is 10.9. The quantitative estimate of drug-likeness (QED) is 0.559. The maximum atomic E-state index is 14.4. The summed E-state index contributed by atoms with van der Waals surface area (Å²) in [7, 11) is -2.90. The van der Waals surface area contributed by atoms with Crippen LogP contribution in [0.15, 0.2) is 70.3 Å². The van der Waals surface area contributed by atoms with Gasteiger partial charge in [0.1, 0.15) is 16.6 Å². The van der Waals surface area contributed by atoms with E-state index >= 15 is 0 Å². The molecule has 1 heterocycles. The molecule has 0 spiro atoms. The lowest BCUT2D eigenvalue weighted by Crippen LogP contribution is -2.38. The van der Waals surface area contributed by atoms with Crippen LogP contribution in [0.3, 0.4) is 0 Å². The lowest BCUT2D eigenvalue weighted by Gasteiger charge is -2.23. The predicted octanol–water partition coefficient (Wildman–Crippen LogP) is 3.51. The van der Waals surface area contributed by atoms with E-state index in [0.29, 0.717) is 11.3 Å². The molecule has 7 nitrogen and oxygen atoms in total. The Balaban J connectivity index is 1.86. The number of hydrogen-bond acceptors (Lipinski definition) is 6. The Hall–Kier alpha value is -3.24. The van der Waals surface area contributed by atoms with Crippen molar-refractivity contribution in [3.63, 3.8) is 0 Å². The molecule has 3 rings (SSSR count). The number of rotatable bonds is 7. The fraction of sp³-hybridized carbons (Fsp3) is 0.100. The summed E-state index contributed by atoms with van der Waals surface area (Å²) in [6, 6.07) is 14.1. The highest BCUT2D eigenvalue weighted by atomic mass is 32.2. The van der Waals surface area contributed by atoms with Crippen molar-refractivity contribution >= 4 is 44.6 Å². The molecule has 0 saturated carbocycles. The number of carbonyl (C=O) groups excluding carboxylic acids is 2. The van der Waals surface area contributed by atoms with Crippen LogP contribution in [-0.2, 0) is 19.6 Å². The highest BCUT2D eigenvalue weighted by Crippen LogP contribution is 2.28. The van der Waals surface area contributed by atoms with Crippen molar-refractivity contribution in [1.29, 1.82) is 0 Å². The van der Waals surface area contributed by atoms with E-state index in [-0.39, 0.29) is 9.90 Å². The number of halogens is 1. The maximum Gasteiger partial charge on any atom is 0.337 e. The largest absolute Gasteiger partial charge is 0.465 e. The number of anilines is 2. The fourth-order valence-electron chi connectivity index (χ4n) is 2.61. The molecule has 0 aliphatic heterocycles. The monoisotopic (exact) mass is 448 g/mol. The molecule has 0 bridgehead atoms. The van der Waals surface area contributed by atoms with E-state index in [0.717, 1.165) is 21.7 Å². The number of amides is 1. The summed E-state index contributed by atoms with van der Waals surface area (Å²) in [5.74, 6) is -1.97. The molecule has 156 valence electrons. The number of esters is 1. The summed E-state index contributed by atoms with van der Waals surface area (Å²) < 4.78 is 45.7. The van der Waals surface area contributed by atoms with Crippen LogP contribution >= 0.6 is 11.3 Å². The topological polar surface area (TPSA) is 92.8 Å². The number of sulfonamides is 1. The smallest absolute Gasteiger partial charge is 0.337 e. The van der Waals surface area contributed by atoms with Crippen LogP contribution in [0.2, 0.25) is 0 Å². The van der Waals surface area contributed by atoms with Gasteiger partial charge in [0, 0.05) is 5.69 Å². The van der Waals surface area contributed by atoms with Crippen LogP contribution in [-0.4, -0.2) is 33.9 Å². The number of nitrogens with one attached hydrogen (secondary N) is 1. The molecular weight excluding hydrogens is 431 g/mol. The van der Waals surface area contributed by atoms with E-state index in [1.165, 1.54) is 55.6 Å². The second kappa shape index (κ2) is 9.06. The zero-order chi connectivity index (χ0) is 21.7. The fourth-order valence-corrected chi connectivity index (χ4v) is 5.14. The highest BCUT2D eigenvalue weighted by Gasteiger charge is 2.29. The molecule has 0 radical (unpaired) electrons. The van der Waals surface area contributed by atoms with Crippen molar-refractivity contribution in [2.24, 2.45) is 0 Å². The molecule has 10 heteroatoms. The van der Waals surface area contributed by atoms with Crippen LogP contribution in [0.5, 0.6) is 0 Å². The number of hydrogen-bond donors (Lipinski definition) is 1. The Morgan fingerprint density at radius 2 is 1.77 bits per heavy atom. The van der Waals surface area contributed by atoms with Crippen molar-refractivity contribution in [3.8, 4) is 0 Å². The van der Waals surface area contributed by atoms with Crippen LogP contribution in [0.25, 0.3) is 0 Å². The number of para-hydroxylation sites is 1. The molecule has 1 N–H and O–H groups in total. The number of nitrogens with zero attached hydrogens (tertiary/aromatic N) is 1. The number of thiophene rings is 1. The van der Waals surface area contributed by atoms with Gasteiger partial charge in [-0.2, -0.15) is 0 Å². The van der Waals surface area contributed by atoms with Crippen LogP contribution in [0.4, 0.5) is 15.8 Å². The van der Waals surface area contributed by atoms with Gasteiger partial charge in [0.05, 0.1) is 18.4 Å². The van der Waals surface area contributed by atoms with Gasteiger partial charge in [0.2, 0.25) is 5.91 Å². The Labute approximate surface area is 176 Å². The minimum Gasteiger partial charge on any atom is -0.465 e. The van der Waals surface area contributed by atoms with Gasteiger partial charge in [-0.05, 0) is 47.8 Å². The Kier molecular flexibility index (Phi) is 6.48. The molecule has 0 unspecified atom stereocenters. The molecule has 30 heavy (non-hydrogen) atoms. The van der Waals surface area contributed by atoms with Gasteiger partial charge in [-0.3, -0.25) is 9.10 Å². The van der Waals surface area contributed by atoms with Gasteiger partial charge in [-0.1, -0.05) is 18.2 Å². The van der Waals surface area contributed by atoms with E-state index in [4.69, 9.17) is 0 Å². The predicted molar refractivity (Wildman–Crippen MR) is 112 cm³/mol. The van der Waals surface area contributed by atoms with Crippen molar-refractivity contribution < 1.29 is 27.1 Å². The van der Waals surface area contributed by atoms with Crippen molar-refractivity contribution in [2.45, 2.75) is 4.21 Å². The minimum absolute atomic E-state index is 0.0130. The zero-order valence-electron chi connectivity index (χ0n) is 15.7. The Morgan fingerprint density at radius 3 is 2.37 bits per heavy atom. The molecule has 2 aromatic carbocycles. The minimum atomic E-state index is -4.15. The average molecular weight is 448 g/mol. The summed E-state index contributed by atoms with van der Waals surface area (Å²) in [6.07, 6.45) is 0. The van der Waals surface area contributed by atoms with Crippen LogP contribution in [0, 0.1) is 5.82 Å². The first-order valence-electron chi connectivity index (χ1n) is 8.62. The number of methoxy groups -OCH3 is 1. The summed E-state index contributed by atoms with van der Waals surface area (Å²) in [4.78, 5) is 24.1. The molecular formula is C20H17FN2O5S2. The lowest BCUT2D eigenvalue weighted by atomic mass is 10.2. The van der Waals surface area contributed by atoms with Crippen LogP contribution < -0.4 is 9.62 Å². The Morgan fingerprint density at radius 1 is 1.07 bits per heavy atom. The van der Waals surface area contributed by atoms with Crippen LogP contribution in [0.1, 0.15) is 10.4 Å². The van der Waals surface area contributed by atoms with Gasteiger partial charge in [-0.15, -0.1) is 11.3 Å². The molecule has 1 aromatic heterocycles. The average Bonchev–Trinajstić information content (AvgIpc) is 3.28. The van der Waals surface area contributed by atoms with Crippen molar-refractivity contribution in [1.82, 2.24) is 0 Å².